The van der Waals surface area contributed by atoms with Crippen molar-refractivity contribution in [2.75, 3.05) is 56.5 Å². The summed E-state index contributed by atoms with van der Waals surface area (Å²) in [5, 5.41) is 14.7. The molecule has 2 amide bonds. The number of aryl methyl sites for hydroxylation is 3. The van der Waals surface area contributed by atoms with Gasteiger partial charge in [-0.2, -0.15) is 0 Å². The van der Waals surface area contributed by atoms with E-state index >= 15 is 8.78 Å². The van der Waals surface area contributed by atoms with E-state index in [1.165, 1.54) is 21.8 Å². The number of aromatic nitrogens is 1. The molecule has 1 aromatic heterocycles. The number of hydrogen-bond acceptors (Lipinski definition) is 7. The van der Waals surface area contributed by atoms with Crippen molar-refractivity contribution in [2.45, 2.75) is 46.6 Å². The first-order valence-corrected chi connectivity index (χ1v) is 15.8. The summed E-state index contributed by atoms with van der Waals surface area (Å²) in [7, 11) is 1.70. The molecule has 4 rings (SSSR count). The molecule has 0 spiro atoms. The van der Waals surface area contributed by atoms with E-state index in [0.29, 0.717) is 39.1 Å². The van der Waals surface area contributed by atoms with Crippen molar-refractivity contribution in [3.63, 3.8) is 0 Å². The fourth-order valence-electron chi connectivity index (χ4n) is 5.85. The summed E-state index contributed by atoms with van der Waals surface area (Å²) in [6.45, 7) is 9.10. The van der Waals surface area contributed by atoms with E-state index in [4.69, 9.17) is 0 Å². The molecule has 1 aliphatic rings. The van der Waals surface area contributed by atoms with Crippen LogP contribution in [0.1, 0.15) is 48.2 Å². The van der Waals surface area contributed by atoms with Gasteiger partial charge in [0.15, 0.2) is 5.82 Å². The highest BCUT2D eigenvalue weighted by atomic mass is 19.1. The molecule has 0 atom stereocenters. The third-order valence-electron chi connectivity index (χ3n) is 8.57. The van der Waals surface area contributed by atoms with Crippen LogP contribution in [-0.2, 0) is 22.6 Å². The topological polar surface area (TPSA) is 127 Å². The smallest absolute Gasteiger partial charge is 0.341 e. The Bertz CT molecular complexity index is 1730. The number of carbonyl (C=O) groups is 3. The Morgan fingerprint density at radius 3 is 2.45 bits per heavy atom. The molecule has 1 saturated heterocycles. The van der Waals surface area contributed by atoms with Crippen molar-refractivity contribution < 1.29 is 28.3 Å². The molecule has 0 aliphatic carbocycles. The molecule has 47 heavy (non-hydrogen) atoms. The minimum atomic E-state index is -1.45. The van der Waals surface area contributed by atoms with E-state index in [0.717, 1.165) is 43.8 Å². The number of nitrogens with one attached hydrogen (secondary N) is 2. The third-order valence-corrected chi connectivity index (χ3v) is 8.57. The van der Waals surface area contributed by atoms with Crippen LogP contribution in [0.3, 0.4) is 0 Å². The first-order valence-electron chi connectivity index (χ1n) is 15.8. The molecule has 11 nitrogen and oxygen atoms in total. The quantitative estimate of drug-likeness (QED) is 0.136. The fourth-order valence-corrected chi connectivity index (χ4v) is 5.85. The van der Waals surface area contributed by atoms with Gasteiger partial charge in [-0.1, -0.05) is 13.0 Å². The summed E-state index contributed by atoms with van der Waals surface area (Å²) in [6.07, 6.45) is 5.37. The van der Waals surface area contributed by atoms with Gasteiger partial charge >= 0.3 is 5.97 Å². The molecule has 0 bridgehead atoms. The van der Waals surface area contributed by atoms with Gasteiger partial charge in [-0.15, -0.1) is 0 Å². The van der Waals surface area contributed by atoms with E-state index in [1.54, 1.807) is 23.8 Å². The molecule has 0 radical (unpaired) electrons. The summed E-state index contributed by atoms with van der Waals surface area (Å²) in [6, 6.07) is 6.80. The van der Waals surface area contributed by atoms with E-state index in [-0.39, 0.29) is 34.9 Å². The second kappa shape index (κ2) is 15.7. The average Bonchev–Trinajstić information content (AvgIpc) is 3.04. The fraction of sp³-hybridized carbons (Fsp3) is 0.412. The largest absolute Gasteiger partial charge is 0.477 e. The maximum absolute atomic E-state index is 15.8. The summed E-state index contributed by atoms with van der Waals surface area (Å²) >= 11 is 0. The Balaban J connectivity index is 1.30. The zero-order chi connectivity index (χ0) is 34.2. The standard InChI is InChI=1S/C34H42F2N6O5/c1-5-23-17-24(10-9-22(23)3)38-28(37-21-43)19-29(44)39(4)11-7-8-12-40-13-15-42(16-14-40)32-27(35)18-25-31(30(32)36)41(6-2)20-26(33(25)45)34(46)47/h9-10,17-21,38H,5-8,11-16H2,1-4H3,(H,37,43)(H,46,47)/b28-19+. The number of carboxylic acid groups (broad SMARTS) is 1. The summed E-state index contributed by atoms with van der Waals surface area (Å²) in [5.74, 6) is -3.21. The van der Waals surface area contributed by atoms with Crippen LogP contribution in [0.4, 0.5) is 20.2 Å². The van der Waals surface area contributed by atoms with Crippen molar-refractivity contribution >= 4 is 40.6 Å². The van der Waals surface area contributed by atoms with Crippen LogP contribution in [-0.4, -0.2) is 84.1 Å². The molecule has 1 aliphatic heterocycles. The van der Waals surface area contributed by atoms with E-state index < -0.39 is 28.6 Å². The van der Waals surface area contributed by atoms with E-state index in [9.17, 15) is 24.3 Å². The molecule has 3 N–H and O–H groups in total. The van der Waals surface area contributed by atoms with Crippen LogP contribution in [0.2, 0.25) is 0 Å². The third kappa shape index (κ3) is 8.15. The molecule has 2 heterocycles. The summed E-state index contributed by atoms with van der Waals surface area (Å²) in [5.41, 5.74) is 1.32. The van der Waals surface area contributed by atoms with Gasteiger partial charge in [0.2, 0.25) is 17.7 Å². The highest BCUT2D eigenvalue weighted by Crippen LogP contribution is 2.31. The van der Waals surface area contributed by atoms with Gasteiger partial charge < -0.3 is 30.1 Å². The lowest BCUT2D eigenvalue weighted by atomic mass is 10.1. The van der Waals surface area contributed by atoms with Crippen LogP contribution in [0.15, 0.2) is 47.2 Å². The molecular formula is C34H42F2N6O5. The zero-order valence-electron chi connectivity index (χ0n) is 27.2. The lowest BCUT2D eigenvalue weighted by Crippen LogP contribution is -2.47. The number of carboxylic acids is 1. The average molecular weight is 653 g/mol. The van der Waals surface area contributed by atoms with Gasteiger partial charge in [0.1, 0.15) is 22.9 Å². The van der Waals surface area contributed by atoms with Crippen molar-refractivity contribution in [3.8, 4) is 0 Å². The van der Waals surface area contributed by atoms with Crippen LogP contribution < -0.4 is 21.0 Å². The molecule has 13 heteroatoms. The molecular weight excluding hydrogens is 610 g/mol. The van der Waals surface area contributed by atoms with Crippen LogP contribution in [0, 0.1) is 18.6 Å². The highest BCUT2D eigenvalue weighted by Gasteiger charge is 2.27. The van der Waals surface area contributed by atoms with Crippen LogP contribution >= 0.6 is 0 Å². The number of hydrogen-bond donors (Lipinski definition) is 3. The normalized spacial score (nSPS) is 13.9. The first kappa shape index (κ1) is 35.1. The van der Waals surface area contributed by atoms with Crippen molar-refractivity contribution in [1.82, 2.24) is 19.7 Å². The van der Waals surface area contributed by atoms with Gasteiger partial charge in [0.05, 0.1) is 10.9 Å². The minimum absolute atomic E-state index is 0.111. The zero-order valence-corrected chi connectivity index (χ0v) is 27.2. The number of fused-ring (bicyclic) bond motifs is 1. The lowest BCUT2D eigenvalue weighted by Gasteiger charge is -2.36. The molecule has 2 aromatic carbocycles. The summed E-state index contributed by atoms with van der Waals surface area (Å²) in [4.78, 5) is 53.5. The van der Waals surface area contributed by atoms with Crippen LogP contribution in [0.25, 0.3) is 10.9 Å². The van der Waals surface area contributed by atoms with Crippen molar-refractivity contribution in [2.24, 2.45) is 0 Å². The number of amides is 2. The van der Waals surface area contributed by atoms with E-state index in [1.807, 2.05) is 25.1 Å². The molecule has 0 saturated carbocycles. The Labute approximate surface area is 272 Å². The molecule has 252 valence electrons. The molecule has 3 aromatic rings. The second-order valence-electron chi connectivity index (χ2n) is 11.6. The Morgan fingerprint density at radius 1 is 1.09 bits per heavy atom. The van der Waals surface area contributed by atoms with Gasteiger partial charge in [0.25, 0.3) is 0 Å². The Morgan fingerprint density at radius 2 is 1.81 bits per heavy atom. The SMILES string of the molecule is CCc1cc(N/C(=C/C(=O)N(C)CCCCN2CCN(c3c(F)cc4c(=O)c(C(=O)O)cn(CC)c4c3F)CC2)NC=O)ccc1C. The Kier molecular flexibility index (Phi) is 11.7. The number of aromatic carboxylic acids is 1. The number of halogens is 2. The number of unbranched alkanes of at least 4 members (excludes halogenated alkanes) is 1. The number of likely N-dealkylation sites (N-methyl/N-ethyl adjacent to an activating group) is 1. The minimum Gasteiger partial charge on any atom is -0.477 e. The maximum atomic E-state index is 15.8. The molecule has 1 fully saturated rings. The monoisotopic (exact) mass is 652 g/mol. The second-order valence-corrected chi connectivity index (χ2v) is 11.6. The van der Waals surface area contributed by atoms with Gasteiger partial charge in [-0.05, 0) is 69.0 Å². The number of anilines is 2. The Hall–Kier alpha value is -4.78. The number of nitrogens with zero attached hydrogens (tertiary/aromatic N) is 4. The van der Waals surface area contributed by atoms with Gasteiger partial charge in [-0.3, -0.25) is 19.3 Å². The van der Waals surface area contributed by atoms with Gasteiger partial charge in [-0.25, -0.2) is 13.6 Å². The number of rotatable bonds is 14. The summed E-state index contributed by atoms with van der Waals surface area (Å²) < 4.78 is 32.3. The van der Waals surface area contributed by atoms with Crippen molar-refractivity contribution in [1.29, 1.82) is 0 Å². The number of carbonyl (C=O) groups excluding carboxylic acids is 2. The maximum Gasteiger partial charge on any atom is 0.341 e. The molecule has 0 unspecified atom stereocenters. The van der Waals surface area contributed by atoms with E-state index in [2.05, 4.69) is 22.5 Å². The number of pyridine rings is 1. The lowest BCUT2D eigenvalue weighted by molar-refractivity contribution is -0.124. The predicted molar refractivity (Wildman–Crippen MR) is 178 cm³/mol. The highest BCUT2D eigenvalue weighted by molar-refractivity contribution is 5.94. The number of piperazine rings is 1. The van der Waals surface area contributed by atoms with Gasteiger partial charge in [0, 0.05) is 64.3 Å². The predicted octanol–water partition coefficient (Wildman–Crippen LogP) is 3.93. The van der Waals surface area contributed by atoms with Crippen molar-refractivity contribution in [3.05, 3.63) is 80.9 Å². The first-order chi connectivity index (χ1) is 22.5. The van der Waals surface area contributed by atoms with Crippen LogP contribution in [0.5, 0.6) is 0 Å². The number of benzene rings is 2.